The molecule has 0 saturated carbocycles. The molecule has 48 heavy (non-hydrogen) atoms. The molecule has 1 fully saturated rings. The second-order valence-corrected chi connectivity index (χ2v) is 13.6. The average molecular weight is 699 g/mol. The van der Waals surface area contributed by atoms with Crippen LogP contribution in [0.4, 0.5) is 11.4 Å². The van der Waals surface area contributed by atoms with Crippen molar-refractivity contribution in [3.63, 3.8) is 0 Å². The SMILES string of the molecule is O=[N+]([O-])c1cc(CN2CCOCCN(Cc3cc([N+](=O)[O-])c4cccnc4c3O)CCSCCOCCSCC2)c(O)c2ncccc12. The van der Waals surface area contributed by atoms with Crippen molar-refractivity contribution < 1.29 is 29.5 Å². The largest absolute Gasteiger partial charge is 0.505 e. The van der Waals surface area contributed by atoms with Gasteiger partial charge in [-0.15, -0.1) is 0 Å². The molecule has 3 heterocycles. The molecule has 1 aliphatic heterocycles. The Labute approximate surface area is 285 Å². The van der Waals surface area contributed by atoms with Gasteiger partial charge in [0.1, 0.15) is 22.5 Å². The number of benzene rings is 2. The van der Waals surface area contributed by atoms with Crippen molar-refractivity contribution in [3.05, 3.63) is 80.1 Å². The van der Waals surface area contributed by atoms with Gasteiger partial charge in [0, 0.05) is 97.9 Å². The van der Waals surface area contributed by atoms with Crippen LogP contribution in [0.3, 0.4) is 0 Å². The van der Waals surface area contributed by atoms with Crippen molar-refractivity contribution in [2.75, 3.05) is 75.6 Å². The summed E-state index contributed by atoms with van der Waals surface area (Å²) in [6, 6.07) is 9.21. The minimum Gasteiger partial charge on any atom is -0.505 e. The van der Waals surface area contributed by atoms with Crippen LogP contribution in [0.1, 0.15) is 11.1 Å². The van der Waals surface area contributed by atoms with Crippen LogP contribution < -0.4 is 0 Å². The van der Waals surface area contributed by atoms with Gasteiger partial charge in [0.15, 0.2) is 0 Å². The zero-order chi connectivity index (χ0) is 33.9. The first-order valence-corrected chi connectivity index (χ1v) is 17.9. The van der Waals surface area contributed by atoms with Gasteiger partial charge in [-0.25, -0.2) is 0 Å². The summed E-state index contributed by atoms with van der Waals surface area (Å²) in [6.45, 7) is 4.91. The third kappa shape index (κ3) is 9.21. The Kier molecular flexibility index (Phi) is 13.0. The molecule has 1 aliphatic rings. The smallest absolute Gasteiger partial charge is 0.279 e. The fourth-order valence-corrected chi connectivity index (χ4v) is 7.17. The second kappa shape index (κ2) is 17.6. The summed E-state index contributed by atoms with van der Waals surface area (Å²) in [7, 11) is 0. The molecular weight excluding hydrogens is 661 g/mol. The van der Waals surface area contributed by atoms with E-state index in [4.69, 9.17) is 9.47 Å². The van der Waals surface area contributed by atoms with Crippen LogP contribution in [0.25, 0.3) is 21.8 Å². The van der Waals surface area contributed by atoms with Crippen molar-refractivity contribution >= 4 is 56.7 Å². The molecular formula is C32H38N6O8S2. The maximum atomic E-state index is 11.8. The number of nitro groups is 2. The van der Waals surface area contributed by atoms with Crippen LogP contribution >= 0.6 is 23.5 Å². The highest BCUT2D eigenvalue weighted by Gasteiger charge is 2.23. The minimum atomic E-state index is -0.457. The van der Waals surface area contributed by atoms with Crippen LogP contribution in [-0.4, -0.2) is 115 Å². The molecule has 16 heteroatoms. The predicted octanol–water partition coefficient (Wildman–Crippen LogP) is 4.83. The number of phenolic OH excluding ortho intramolecular Hbond substituents is 2. The second-order valence-electron chi connectivity index (χ2n) is 11.1. The van der Waals surface area contributed by atoms with Crippen LogP contribution in [-0.2, 0) is 22.6 Å². The highest BCUT2D eigenvalue weighted by atomic mass is 32.2. The fourth-order valence-electron chi connectivity index (χ4n) is 5.51. The van der Waals surface area contributed by atoms with Crippen molar-refractivity contribution in [2.45, 2.75) is 13.1 Å². The quantitative estimate of drug-likeness (QED) is 0.207. The molecule has 0 atom stereocenters. The zero-order valence-corrected chi connectivity index (χ0v) is 28.0. The van der Waals surface area contributed by atoms with Gasteiger partial charge in [0.25, 0.3) is 11.4 Å². The summed E-state index contributed by atoms with van der Waals surface area (Å²) in [4.78, 5) is 35.4. The van der Waals surface area contributed by atoms with E-state index in [1.165, 1.54) is 24.5 Å². The number of nitrogens with zero attached hydrogens (tertiary/aromatic N) is 6. The predicted molar refractivity (Wildman–Crippen MR) is 187 cm³/mol. The van der Waals surface area contributed by atoms with E-state index in [-0.39, 0.29) is 57.8 Å². The number of fused-ring (bicyclic) bond motifs is 2. The Morgan fingerprint density at radius 3 is 1.56 bits per heavy atom. The Hall–Kier alpha value is -3.80. The van der Waals surface area contributed by atoms with E-state index in [0.717, 1.165) is 23.0 Å². The molecule has 2 aromatic heterocycles. The maximum absolute atomic E-state index is 11.8. The van der Waals surface area contributed by atoms with Gasteiger partial charge in [0.2, 0.25) is 0 Å². The molecule has 0 aliphatic carbocycles. The lowest BCUT2D eigenvalue weighted by atomic mass is 10.1. The molecule has 1 saturated heterocycles. The fraction of sp³-hybridized carbons (Fsp3) is 0.438. The number of nitro benzene ring substituents is 2. The Balaban J connectivity index is 1.29. The number of hydrogen-bond donors (Lipinski definition) is 2. The topological polar surface area (TPSA) is 177 Å². The Morgan fingerprint density at radius 2 is 1.12 bits per heavy atom. The Morgan fingerprint density at radius 1 is 0.688 bits per heavy atom. The number of ether oxygens (including phenoxy) is 2. The van der Waals surface area contributed by atoms with Gasteiger partial charge in [-0.05, 0) is 24.3 Å². The van der Waals surface area contributed by atoms with Crippen LogP contribution in [0, 0.1) is 20.2 Å². The molecule has 4 aromatic rings. The summed E-state index contributed by atoms with van der Waals surface area (Å²) in [5, 5.41) is 46.3. The highest BCUT2D eigenvalue weighted by Crippen LogP contribution is 2.36. The molecule has 2 aromatic carbocycles. The van der Waals surface area contributed by atoms with Gasteiger partial charge in [-0.2, -0.15) is 23.5 Å². The number of rotatable bonds is 6. The molecule has 2 N–H and O–H groups in total. The molecule has 256 valence electrons. The standard InChI is InChI=1S/C32H38N6O8S2/c39-31-23(19-27(37(41)42)25-3-1-5-33-29(25)31)21-35-7-11-45-12-8-36(10-16-48-18-14-46-13-17-47-15-9-35)22-24-20-28(38(43)44)26-4-2-6-34-30(26)32(24)40/h1-6,19-20,39-40H,7-18,21-22H2. The summed E-state index contributed by atoms with van der Waals surface area (Å²) >= 11 is 3.52. The van der Waals surface area contributed by atoms with E-state index in [1.807, 2.05) is 0 Å². The number of phenols is 2. The number of pyridine rings is 2. The first-order chi connectivity index (χ1) is 23.3. The summed E-state index contributed by atoms with van der Waals surface area (Å²) in [5.41, 5.74) is 1.03. The number of non-ortho nitro benzene ring substituents is 2. The molecule has 0 amide bonds. The average Bonchev–Trinajstić information content (AvgIpc) is 3.08. The van der Waals surface area contributed by atoms with Gasteiger partial charge < -0.3 is 19.7 Å². The molecule has 0 radical (unpaired) electrons. The first-order valence-electron chi connectivity index (χ1n) is 15.6. The van der Waals surface area contributed by atoms with Crippen LogP contribution in [0.5, 0.6) is 11.5 Å². The minimum absolute atomic E-state index is 0.0708. The van der Waals surface area contributed by atoms with Gasteiger partial charge in [-0.1, -0.05) is 0 Å². The summed E-state index contributed by atoms with van der Waals surface area (Å²) < 4.78 is 11.9. The third-order valence-corrected chi connectivity index (χ3v) is 9.83. The third-order valence-electron chi connectivity index (χ3n) is 7.98. The summed E-state index contributed by atoms with van der Waals surface area (Å²) in [5.74, 6) is 3.12. The monoisotopic (exact) mass is 698 g/mol. The van der Waals surface area contributed by atoms with E-state index in [2.05, 4.69) is 19.8 Å². The van der Waals surface area contributed by atoms with E-state index < -0.39 is 9.85 Å². The maximum Gasteiger partial charge on any atom is 0.279 e. The van der Waals surface area contributed by atoms with E-state index in [1.54, 1.807) is 47.8 Å². The van der Waals surface area contributed by atoms with E-state index in [0.29, 0.717) is 63.7 Å². The van der Waals surface area contributed by atoms with Crippen molar-refractivity contribution in [1.82, 2.24) is 19.8 Å². The molecule has 0 bridgehead atoms. The van der Waals surface area contributed by atoms with Gasteiger partial charge in [0.05, 0.1) is 47.0 Å². The van der Waals surface area contributed by atoms with Gasteiger partial charge >= 0.3 is 0 Å². The van der Waals surface area contributed by atoms with Crippen molar-refractivity contribution in [2.24, 2.45) is 0 Å². The first kappa shape index (κ1) is 35.5. The van der Waals surface area contributed by atoms with Crippen LogP contribution in [0.2, 0.25) is 0 Å². The van der Waals surface area contributed by atoms with Crippen molar-refractivity contribution in [3.8, 4) is 11.5 Å². The lowest BCUT2D eigenvalue weighted by molar-refractivity contribution is -0.383. The number of aromatic hydroxyl groups is 2. The molecule has 5 rings (SSSR count). The molecule has 0 unspecified atom stereocenters. The van der Waals surface area contributed by atoms with Crippen molar-refractivity contribution in [1.29, 1.82) is 0 Å². The number of aromatic nitrogens is 2. The van der Waals surface area contributed by atoms with E-state index >= 15 is 0 Å². The Bertz CT molecular complexity index is 1610. The highest BCUT2D eigenvalue weighted by molar-refractivity contribution is 7.99. The number of hydrogen-bond acceptors (Lipinski definition) is 14. The summed E-state index contributed by atoms with van der Waals surface area (Å²) in [6.07, 6.45) is 3.00. The normalized spacial score (nSPS) is 17.2. The van der Waals surface area contributed by atoms with Crippen LogP contribution in [0.15, 0.2) is 48.8 Å². The van der Waals surface area contributed by atoms with Gasteiger partial charge in [-0.3, -0.25) is 40.0 Å². The molecule has 14 nitrogen and oxygen atoms in total. The lowest BCUT2D eigenvalue weighted by Crippen LogP contribution is -2.32. The van der Waals surface area contributed by atoms with E-state index in [9.17, 15) is 30.4 Å². The molecule has 0 spiro atoms. The lowest BCUT2D eigenvalue weighted by Gasteiger charge is -2.25. The number of thioether (sulfide) groups is 2. The zero-order valence-electron chi connectivity index (χ0n) is 26.4.